The summed E-state index contributed by atoms with van der Waals surface area (Å²) in [5, 5.41) is 4.11. The van der Waals surface area contributed by atoms with Crippen LogP contribution in [0.4, 0.5) is 5.69 Å². The Balaban J connectivity index is 1.61. The molecule has 1 fully saturated rings. The number of carbonyl (C=O) groups is 3. The first-order valence-corrected chi connectivity index (χ1v) is 11.7. The van der Waals surface area contributed by atoms with Crippen molar-refractivity contribution in [3.05, 3.63) is 102 Å². The SMILES string of the molecule is COc1ccc(N2NOC(=O)/C2=C\C(=NC(=O)c2ccccc2)C(=O)NCCc2ccccc2OC)cc1. The van der Waals surface area contributed by atoms with Gasteiger partial charge in [0.25, 0.3) is 11.8 Å². The first kappa shape index (κ1) is 26.1. The molecule has 1 heterocycles. The van der Waals surface area contributed by atoms with E-state index in [4.69, 9.17) is 14.3 Å². The number of para-hydroxylation sites is 1. The van der Waals surface area contributed by atoms with Gasteiger partial charge in [-0.05, 0) is 54.4 Å². The molecule has 3 aromatic carbocycles. The lowest BCUT2D eigenvalue weighted by atomic mass is 10.1. The molecule has 0 aliphatic carbocycles. The van der Waals surface area contributed by atoms with Crippen molar-refractivity contribution in [1.82, 2.24) is 10.9 Å². The maximum Gasteiger partial charge on any atom is 0.376 e. The van der Waals surface area contributed by atoms with Crippen LogP contribution in [0.3, 0.4) is 0 Å². The molecular formula is C28H26N4O6. The van der Waals surface area contributed by atoms with E-state index in [-0.39, 0.29) is 18.0 Å². The Hall–Kier alpha value is -4.96. The molecule has 0 saturated carbocycles. The van der Waals surface area contributed by atoms with Gasteiger partial charge in [-0.3, -0.25) is 9.59 Å². The van der Waals surface area contributed by atoms with Crippen LogP contribution >= 0.6 is 0 Å². The van der Waals surface area contributed by atoms with Crippen LogP contribution in [0.2, 0.25) is 0 Å². The maximum absolute atomic E-state index is 13.2. The van der Waals surface area contributed by atoms with Crippen LogP contribution in [-0.4, -0.2) is 44.3 Å². The summed E-state index contributed by atoms with van der Waals surface area (Å²) in [5.74, 6) is -0.691. The Morgan fingerprint density at radius 3 is 2.39 bits per heavy atom. The first-order chi connectivity index (χ1) is 18.5. The monoisotopic (exact) mass is 514 g/mol. The zero-order valence-electron chi connectivity index (χ0n) is 20.8. The lowest BCUT2D eigenvalue weighted by Gasteiger charge is -2.16. The minimum atomic E-state index is -0.748. The molecule has 0 spiro atoms. The quantitative estimate of drug-likeness (QED) is 0.331. The molecule has 2 N–H and O–H groups in total. The van der Waals surface area contributed by atoms with E-state index in [1.807, 2.05) is 24.3 Å². The molecule has 2 amide bonds. The smallest absolute Gasteiger partial charge is 0.376 e. The number of nitrogens with zero attached hydrogens (tertiary/aromatic N) is 2. The van der Waals surface area contributed by atoms with Crippen LogP contribution in [0.5, 0.6) is 11.5 Å². The highest BCUT2D eigenvalue weighted by Crippen LogP contribution is 2.24. The highest BCUT2D eigenvalue weighted by Gasteiger charge is 2.30. The first-order valence-electron chi connectivity index (χ1n) is 11.7. The molecule has 38 heavy (non-hydrogen) atoms. The Morgan fingerprint density at radius 2 is 1.68 bits per heavy atom. The van der Waals surface area contributed by atoms with Gasteiger partial charge in [0.05, 0.1) is 19.9 Å². The van der Waals surface area contributed by atoms with E-state index in [1.54, 1.807) is 68.8 Å². The second-order valence-electron chi connectivity index (χ2n) is 8.03. The molecule has 4 rings (SSSR count). The van der Waals surface area contributed by atoms with Crippen molar-refractivity contribution in [2.45, 2.75) is 6.42 Å². The minimum absolute atomic E-state index is 0.0327. The number of hydrogen-bond donors (Lipinski definition) is 2. The molecule has 194 valence electrons. The topological polar surface area (TPSA) is 119 Å². The third-order valence-electron chi connectivity index (χ3n) is 5.63. The highest BCUT2D eigenvalue weighted by molar-refractivity contribution is 6.45. The number of amides is 2. The average Bonchev–Trinajstić information content (AvgIpc) is 3.32. The number of aliphatic imine (C=N–C) groups is 1. The second-order valence-corrected chi connectivity index (χ2v) is 8.03. The molecule has 0 aromatic heterocycles. The van der Waals surface area contributed by atoms with Gasteiger partial charge in [-0.1, -0.05) is 42.0 Å². The van der Waals surface area contributed by atoms with E-state index >= 15 is 0 Å². The molecule has 0 atom stereocenters. The largest absolute Gasteiger partial charge is 0.497 e. The van der Waals surface area contributed by atoms with Crippen LogP contribution in [0.1, 0.15) is 15.9 Å². The van der Waals surface area contributed by atoms with Gasteiger partial charge >= 0.3 is 5.97 Å². The third-order valence-corrected chi connectivity index (χ3v) is 5.63. The van der Waals surface area contributed by atoms with Crippen LogP contribution in [0.25, 0.3) is 0 Å². The van der Waals surface area contributed by atoms with E-state index in [0.717, 1.165) is 5.56 Å². The van der Waals surface area contributed by atoms with Crippen molar-refractivity contribution in [1.29, 1.82) is 0 Å². The summed E-state index contributed by atoms with van der Waals surface area (Å²) in [4.78, 5) is 47.6. The van der Waals surface area contributed by atoms with E-state index in [1.165, 1.54) is 11.1 Å². The lowest BCUT2D eigenvalue weighted by Crippen LogP contribution is -2.34. The number of rotatable bonds is 9. The van der Waals surface area contributed by atoms with Crippen LogP contribution < -0.4 is 25.4 Å². The van der Waals surface area contributed by atoms with Gasteiger partial charge in [-0.25, -0.2) is 14.8 Å². The molecule has 3 aromatic rings. The van der Waals surface area contributed by atoms with Gasteiger partial charge in [-0.2, -0.15) is 0 Å². The van der Waals surface area contributed by atoms with Crippen molar-refractivity contribution in [3.8, 4) is 11.5 Å². The summed E-state index contributed by atoms with van der Waals surface area (Å²) >= 11 is 0. The second kappa shape index (κ2) is 12.3. The van der Waals surface area contributed by atoms with Crippen LogP contribution in [-0.2, 0) is 20.8 Å². The summed E-state index contributed by atoms with van der Waals surface area (Å²) in [5.41, 5.74) is 3.95. The number of nitrogens with one attached hydrogen (secondary N) is 2. The van der Waals surface area contributed by atoms with Gasteiger partial charge in [0.15, 0.2) is 5.70 Å². The predicted molar refractivity (Wildman–Crippen MR) is 141 cm³/mol. The fraction of sp³-hybridized carbons (Fsp3) is 0.143. The summed E-state index contributed by atoms with van der Waals surface area (Å²) in [6, 6.07) is 22.6. The molecule has 1 aliphatic heterocycles. The zero-order chi connectivity index (χ0) is 26.9. The fourth-order valence-electron chi connectivity index (χ4n) is 3.67. The van der Waals surface area contributed by atoms with E-state index in [2.05, 4.69) is 15.9 Å². The molecule has 0 radical (unpaired) electrons. The lowest BCUT2D eigenvalue weighted by molar-refractivity contribution is -0.140. The van der Waals surface area contributed by atoms with E-state index < -0.39 is 17.8 Å². The number of methoxy groups -OCH3 is 2. The number of carbonyl (C=O) groups excluding carboxylic acids is 3. The Morgan fingerprint density at radius 1 is 0.974 bits per heavy atom. The zero-order valence-corrected chi connectivity index (χ0v) is 20.8. The van der Waals surface area contributed by atoms with Gasteiger partial charge in [0.1, 0.15) is 17.2 Å². The van der Waals surface area contributed by atoms with Crippen molar-refractivity contribution >= 4 is 29.2 Å². The molecule has 10 nitrogen and oxygen atoms in total. The van der Waals surface area contributed by atoms with Crippen molar-refractivity contribution in [3.63, 3.8) is 0 Å². The van der Waals surface area contributed by atoms with Crippen LogP contribution in [0, 0.1) is 0 Å². The number of ether oxygens (including phenoxy) is 2. The van der Waals surface area contributed by atoms with Gasteiger partial charge < -0.3 is 19.6 Å². The van der Waals surface area contributed by atoms with Gasteiger partial charge in [-0.15, -0.1) is 0 Å². The van der Waals surface area contributed by atoms with Crippen molar-refractivity contribution < 1.29 is 28.7 Å². The summed E-state index contributed by atoms with van der Waals surface area (Å²) < 4.78 is 10.5. The summed E-state index contributed by atoms with van der Waals surface area (Å²) in [7, 11) is 3.12. The molecule has 10 heteroatoms. The highest BCUT2D eigenvalue weighted by atomic mass is 16.7. The number of anilines is 1. The minimum Gasteiger partial charge on any atom is -0.497 e. The van der Waals surface area contributed by atoms with Crippen molar-refractivity contribution in [2.24, 2.45) is 4.99 Å². The number of hydrogen-bond acceptors (Lipinski definition) is 8. The van der Waals surface area contributed by atoms with E-state index in [9.17, 15) is 14.4 Å². The summed E-state index contributed by atoms with van der Waals surface area (Å²) in [6.07, 6.45) is 1.69. The Bertz CT molecular complexity index is 1370. The van der Waals surface area contributed by atoms with E-state index in [0.29, 0.717) is 29.2 Å². The normalized spacial score (nSPS) is 14.3. The fourth-order valence-corrected chi connectivity index (χ4v) is 3.67. The number of hydrazine groups is 1. The summed E-state index contributed by atoms with van der Waals surface area (Å²) in [6.45, 7) is 0.242. The van der Waals surface area contributed by atoms with Crippen LogP contribution in [0.15, 0.2) is 95.6 Å². The predicted octanol–water partition coefficient (Wildman–Crippen LogP) is 3.01. The van der Waals surface area contributed by atoms with Gasteiger partial charge in [0, 0.05) is 18.2 Å². The number of benzene rings is 3. The Kier molecular flexibility index (Phi) is 8.47. The standard InChI is InChI=1S/C28H26N4O6/c1-36-22-14-12-21(13-15-22)32-24(28(35)38-31-32)18-23(30-26(33)20-9-4-3-5-10-20)27(34)29-17-16-19-8-6-7-11-25(19)37-2/h3-15,18,31H,16-17H2,1-2H3,(H,29,34)/b24-18+,30-23?. The average molecular weight is 515 g/mol. The molecule has 1 aliphatic rings. The molecule has 0 bridgehead atoms. The molecular weight excluding hydrogens is 488 g/mol. The molecule has 1 saturated heterocycles. The maximum atomic E-state index is 13.2. The molecule has 0 unspecified atom stereocenters. The van der Waals surface area contributed by atoms with Gasteiger partial charge in [0.2, 0.25) is 0 Å². The Labute approximate surface area is 219 Å². The third kappa shape index (κ3) is 6.23. The van der Waals surface area contributed by atoms with Crippen molar-refractivity contribution in [2.75, 3.05) is 25.8 Å².